The van der Waals surface area contributed by atoms with Crippen LogP contribution < -0.4 is 0 Å². The third-order valence-corrected chi connectivity index (χ3v) is 2.81. The largest absolute Gasteiger partial charge is 0.462 e. The normalized spacial score (nSPS) is 16.6. The first kappa shape index (κ1) is 14.1. The van der Waals surface area contributed by atoms with E-state index in [-0.39, 0.29) is 6.10 Å². The minimum Gasteiger partial charge on any atom is -0.462 e. The zero-order valence-corrected chi connectivity index (χ0v) is 11.9. The van der Waals surface area contributed by atoms with Crippen molar-refractivity contribution in [3.05, 3.63) is 35.9 Å². The molecule has 1 N–H and O–H groups in total. The lowest BCUT2D eigenvalue weighted by Crippen LogP contribution is -2.29. The average molecular weight is 265 g/mol. The molecule has 1 aromatic carbocycles. The second-order valence-corrected chi connectivity index (χ2v) is 4.89. The summed E-state index contributed by atoms with van der Waals surface area (Å²) < 4.78 is 13.7. The molecule has 0 fully saturated rings. The number of aliphatic hydroxyl groups is 1. The van der Waals surface area contributed by atoms with Crippen molar-refractivity contribution in [2.45, 2.75) is 58.1 Å². The van der Waals surface area contributed by atoms with Crippen molar-refractivity contribution in [1.29, 1.82) is 0 Å². The Balaban J connectivity index is 3.08. The zero-order chi connectivity index (χ0) is 15.2. The molecule has 3 nitrogen and oxygen atoms in total. The van der Waals surface area contributed by atoms with E-state index in [0.29, 0.717) is 12.0 Å². The number of carbonyl (C=O) groups is 1. The summed E-state index contributed by atoms with van der Waals surface area (Å²) in [4.78, 5) is 12.3. The molecule has 0 bridgehead atoms. The molecule has 3 heteroatoms. The lowest BCUT2D eigenvalue weighted by atomic mass is 9.90. The van der Waals surface area contributed by atoms with E-state index in [1.54, 1.807) is 38.1 Å². The predicted molar refractivity (Wildman–Crippen MR) is 75.9 cm³/mol. The molecule has 0 spiro atoms. The molecule has 0 radical (unpaired) electrons. The van der Waals surface area contributed by atoms with Gasteiger partial charge in [-0.2, -0.15) is 0 Å². The highest BCUT2D eigenvalue weighted by atomic mass is 16.5. The predicted octanol–water partition coefficient (Wildman–Crippen LogP) is 3.27. The van der Waals surface area contributed by atoms with Gasteiger partial charge in [-0.3, -0.25) is 4.79 Å². The number of esters is 1. The van der Waals surface area contributed by atoms with E-state index in [0.717, 1.165) is 12.8 Å². The lowest BCUT2D eigenvalue weighted by Gasteiger charge is -2.23. The number of unbranched alkanes of at least 4 members (excludes halogenated alkanes) is 1. The highest BCUT2D eigenvalue weighted by Crippen LogP contribution is 2.25. The highest BCUT2D eigenvalue weighted by Gasteiger charge is 2.30. The first-order valence-corrected chi connectivity index (χ1v) is 6.87. The van der Waals surface area contributed by atoms with Crippen LogP contribution in [0.2, 0.25) is 0 Å². The Bertz CT molecular complexity index is 419. The van der Waals surface area contributed by atoms with Crippen LogP contribution in [0.5, 0.6) is 0 Å². The van der Waals surface area contributed by atoms with Crippen LogP contribution in [0.15, 0.2) is 30.3 Å². The number of ether oxygens (including phenoxy) is 1. The number of rotatable bonds is 7. The molecule has 0 aromatic heterocycles. The highest BCUT2D eigenvalue weighted by molar-refractivity contribution is 5.79. The number of aliphatic hydroxyl groups excluding tert-OH is 1. The smallest absolute Gasteiger partial charge is 0.316 e. The second-order valence-electron chi connectivity index (χ2n) is 4.89. The van der Waals surface area contributed by atoms with Crippen LogP contribution in [0.4, 0.5) is 0 Å². The molecule has 0 aliphatic rings. The first-order valence-electron chi connectivity index (χ1n) is 7.37. The Kier molecular flexibility index (Phi) is 5.89. The summed E-state index contributed by atoms with van der Waals surface area (Å²) in [7, 11) is 0. The fourth-order valence-electron chi connectivity index (χ4n) is 1.88. The van der Waals surface area contributed by atoms with Crippen molar-refractivity contribution in [3.63, 3.8) is 0 Å². The maximum atomic E-state index is 12.3. The summed E-state index contributed by atoms with van der Waals surface area (Å²) in [6.07, 6.45) is 0.692. The SMILES string of the molecule is [2H]C(C(=O)OC(C)C)(c1ccccc1)C(O)CCCC. The molecule has 1 aromatic rings. The Morgan fingerprint density at radius 1 is 1.37 bits per heavy atom. The number of benzene rings is 1. The molecule has 0 aliphatic carbocycles. The van der Waals surface area contributed by atoms with Crippen molar-refractivity contribution in [2.24, 2.45) is 0 Å². The van der Waals surface area contributed by atoms with Crippen molar-refractivity contribution in [3.8, 4) is 0 Å². The van der Waals surface area contributed by atoms with Gasteiger partial charge in [-0.1, -0.05) is 50.1 Å². The number of carbonyl (C=O) groups excluding carboxylic acids is 1. The summed E-state index contributed by atoms with van der Waals surface area (Å²) in [5.41, 5.74) is 0.467. The molecule has 2 atom stereocenters. The van der Waals surface area contributed by atoms with E-state index in [4.69, 9.17) is 6.11 Å². The third-order valence-electron chi connectivity index (χ3n) is 2.81. The van der Waals surface area contributed by atoms with Gasteiger partial charge in [-0.05, 0) is 25.8 Å². The summed E-state index contributed by atoms with van der Waals surface area (Å²) in [6.45, 7) is 5.48. The molecule has 1 rings (SSSR count). The minimum atomic E-state index is -1.76. The molecule has 2 unspecified atom stereocenters. The van der Waals surface area contributed by atoms with Crippen LogP contribution in [0.3, 0.4) is 0 Å². The fraction of sp³-hybridized carbons (Fsp3) is 0.562. The van der Waals surface area contributed by atoms with Crippen LogP contribution in [0.1, 0.15) is 52.9 Å². The number of hydrogen-bond donors (Lipinski definition) is 1. The summed E-state index contributed by atoms with van der Waals surface area (Å²) in [5, 5.41) is 10.3. The molecule has 0 saturated heterocycles. The van der Waals surface area contributed by atoms with Crippen molar-refractivity contribution in [1.82, 2.24) is 0 Å². The quantitative estimate of drug-likeness (QED) is 0.770. The van der Waals surface area contributed by atoms with Gasteiger partial charge in [0.05, 0.1) is 12.2 Å². The van der Waals surface area contributed by atoms with Gasteiger partial charge < -0.3 is 9.84 Å². The van der Waals surface area contributed by atoms with Gasteiger partial charge in [0, 0.05) is 1.37 Å². The Labute approximate surface area is 117 Å². The maximum Gasteiger partial charge on any atom is 0.316 e. The Morgan fingerprint density at radius 3 is 2.53 bits per heavy atom. The first-order chi connectivity index (χ1) is 9.42. The molecule has 19 heavy (non-hydrogen) atoms. The molecule has 0 amide bonds. The summed E-state index contributed by atoms with van der Waals surface area (Å²) >= 11 is 0. The zero-order valence-electron chi connectivity index (χ0n) is 12.9. The Morgan fingerprint density at radius 2 is 2.00 bits per heavy atom. The number of hydrogen-bond acceptors (Lipinski definition) is 3. The van der Waals surface area contributed by atoms with E-state index < -0.39 is 18.0 Å². The van der Waals surface area contributed by atoms with Gasteiger partial charge in [-0.25, -0.2) is 0 Å². The van der Waals surface area contributed by atoms with Gasteiger partial charge in [-0.15, -0.1) is 0 Å². The van der Waals surface area contributed by atoms with E-state index in [1.807, 2.05) is 13.0 Å². The fourth-order valence-corrected chi connectivity index (χ4v) is 1.88. The van der Waals surface area contributed by atoms with Gasteiger partial charge in [0.2, 0.25) is 0 Å². The summed E-state index contributed by atoms with van der Waals surface area (Å²) in [5.74, 6) is -2.46. The van der Waals surface area contributed by atoms with Crippen molar-refractivity contribution < 1.29 is 16.0 Å². The van der Waals surface area contributed by atoms with Crippen LogP contribution in [0, 0.1) is 0 Å². The van der Waals surface area contributed by atoms with Crippen LogP contribution >= 0.6 is 0 Å². The molecule has 106 valence electrons. The maximum absolute atomic E-state index is 12.3. The van der Waals surface area contributed by atoms with Gasteiger partial charge in [0.1, 0.15) is 5.89 Å². The Hall–Kier alpha value is -1.35. The third kappa shape index (κ3) is 5.03. The van der Waals surface area contributed by atoms with Gasteiger partial charge in [0.25, 0.3) is 0 Å². The topological polar surface area (TPSA) is 46.5 Å². The van der Waals surface area contributed by atoms with E-state index in [1.165, 1.54) is 0 Å². The van der Waals surface area contributed by atoms with Gasteiger partial charge in [0.15, 0.2) is 0 Å². The van der Waals surface area contributed by atoms with Crippen molar-refractivity contribution >= 4 is 5.97 Å². The minimum absolute atomic E-state index is 0.311. The molecular formula is C16H24O3. The van der Waals surface area contributed by atoms with Crippen LogP contribution in [-0.2, 0) is 9.53 Å². The van der Waals surface area contributed by atoms with Crippen molar-refractivity contribution in [2.75, 3.05) is 0 Å². The lowest BCUT2D eigenvalue weighted by molar-refractivity contribution is -0.152. The average Bonchev–Trinajstić information content (AvgIpc) is 2.43. The molecule has 0 heterocycles. The second kappa shape index (κ2) is 7.95. The summed E-state index contributed by atoms with van der Waals surface area (Å²) in [6, 6.07) is 8.70. The van der Waals surface area contributed by atoms with E-state index in [2.05, 4.69) is 0 Å². The molecular weight excluding hydrogens is 240 g/mol. The van der Waals surface area contributed by atoms with Crippen LogP contribution in [-0.4, -0.2) is 23.3 Å². The monoisotopic (exact) mass is 265 g/mol. The molecule has 0 aliphatic heterocycles. The molecule has 0 saturated carbocycles. The van der Waals surface area contributed by atoms with E-state index in [9.17, 15) is 9.90 Å². The standard InChI is InChI=1S/C16H24O3/c1-4-5-11-14(17)15(16(18)19-12(2)3)13-9-7-6-8-10-13/h6-10,12,14-15,17H,4-5,11H2,1-3H3/i15D. The van der Waals surface area contributed by atoms with E-state index >= 15 is 0 Å². The van der Waals surface area contributed by atoms with Gasteiger partial charge >= 0.3 is 5.97 Å². The van der Waals surface area contributed by atoms with Crippen LogP contribution in [0.25, 0.3) is 0 Å².